The van der Waals surface area contributed by atoms with Crippen LogP contribution in [0.3, 0.4) is 0 Å². The van der Waals surface area contributed by atoms with Gasteiger partial charge in [0.15, 0.2) is 5.60 Å². The van der Waals surface area contributed by atoms with Gasteiger partial charge in [-0.3, -0.25) is 0 Å². The smallest absolute Gasteiger partial charge is 0.341 e. The van der Waals surface area contributed by atoms with Gasteiger partial charge < -0.3 is 14.2 Å². The number of esters is 1. The number of methoxy groups -OCH3 is 1. The van der Waals surface area contributed by atoms with Crippen LogP contribution in [0.1, 0.15) is 44.6 Å². The Morgan fingerprint density at radius 3 is 2.57 bits per heavy atom. The average Bonchev–Trinajstić information content (AvgIpc) is 3.19. The molecule has 1 heterocycles. The van der Waals surface area contributed by atoms with E-state index < -0.39 is 11.2 Å². The molecular formula is C17H22O4. The fraction of sp³-hybridized carbons (Fsp3) is 0.588. The van der Waals surface area contributed by atoms with Crippen LogP contribution >= 0.6 is 0 Å². The van der Waals surface area contributed by atoms with E-state index in [2.05, 4.69) is 0 Å². The zero-order chi connectivity index (χ0) is 14.9. The van der Waals surface area contributed by atoms with Crippen molar-refractivity contribution < 1.29 is 19.0 Å². The largest absolute Gasteiger partial charge is 0.497 e. The molecule has 2 fully saturated rings. The molecule has 1 aliphatic carbocycles. The SMILES string of the molecule is CCOC(=O)C12CCCCCC1(c1ccc(OC)cc1)O2. The zero-order valence-electron chi connectivity index (χ0n) is 12.7. The van der Waals surface area contributed by atoms with E-state index in [-0.39, 0.29) is 5.97 Å². The summed E-state index contributed by atoms with van der Waals surface area (Å²) in [6.07, 6.45) is 4.85. The second-order valence-corrected chi connectivity index (χ2v) is 5.77. The van der Waals surface area contributed by atoms with Gasteiger partial charge in [-0.05, 0) is 43.9 Å². The van der Waals surface area contributed by atoms with Crippen molar-refractivity contribution in [3.63, 3.8) is 0 Å². The van der Waals surface area contributed by atoms with Crippen LogP contribution in [-0.2, 0) is 19.9 Å². The Bertz CT molecular complexity index is 524. The van der Waals surface area contributed by atoms with Crippen LogP contribution < -0.4 is 4.74 Å². The zero-order valence-corrected chi connectivity index (χ0v) is 12.7. The lowest BCUT2D eigenvalue weighted by Gasteiger charge is -2.17. The van der Waals surface area contributed by atoms with Crippen molar-refractivity contribution in [2.75, 3.05) is 13.7 Å². The summed E-state index contributed by atoms with van der Waals surface area (Å²) in [6.45, 7) is 2.23. The standard InChI is InChI=1S/C17H22O4/c1-3-20-15(18)17-12-6-4-5-11-16(17,21-17)13-7-9-14(19-2)10-8-13/h7-10H,3-6,11-12H2,1-2H3. The molecule has 2 unspecified atom stereocenters. The number of fused-ring (bicyclic) bond motifs is 1. The minimum atomic E-state index is -0.770. The van der Waals surface area contributed by atoms with Gasteiger partial charge >= 0.3 is 5.97 Å². The topological polar surface area (TPSA) is 48.1 Å². The van der Waals surface area contributed by atoms with E-state index in [0.29, 0.717) is 6.61 Å². The predicted molar refractivity (Wildman–Crippen MR) is 78.2 cm³/mol. The minimum absolute atomic E-state index is 0.206. The van der Waals surface area contributed by atoms with Crippen molar-refractivity contribution >= 4 is 5.97 Å². The Morgan fingerprint density at radius 1 is 1.19 bits per heavy atom. The normalized spacial score (nSPS) is 31.0. The maximum Gasteiger partial charge on any atom is 0.341 e. The van der Waals surface area contributed by atoms with Crippen LogP contribution in [0.15, 0.2) is 24.3 Å². The van der Waals surface area contributed by atoms with Crippen molar-refractivity contribution in [3.05, 3.63) is 29.8 Å². The van der Waals surface area contributed by atoms with E-state index in [1.54, 1.807) is 7.11 Å². The molecule has 21 heavy (non-hydrogen) atoms. The third-order valence-electron chi connectivity index (χ3n) is 4.68. The lowest BCUT2D eigenvalue weighted by molar-refractivity contribution is -0.149. The third kappa shape index (κ3) is 2.13. The molecule has 0 N–H and O–H groups in total. The summed E-state index contributed by atoms with van der Waals surface area (Å²) in [5, 5.41) is 0. The highest BCUT2D eigenvalue weighted by molar-refractivity contribution is 5.85. The van der Waals surface area contributed by atoms with Crippen LogP contribution in [0.2, 0.25) is 0 Å². The van der Waals surface area contributed by atoms with Gasteiger partial charge in [-0.15, -0.1) is 0 Å². The summed E-state index contributed by atoms with van der Waals surface area (Å²) in [6, 6.07) is 7.86. The van der Waals surface area contributed by atoms with Gasteiger partial charge in [0.25, 0.3) is 0 Å². The molecule has 0 spiro atoms. The molecular weight excluding hydrogens is 268 g/mol. The van der Waals surface area contributed by atoms with E-state index in [0.717, 1.165) is 43.4 Å². The first kappa shape index (κ1) is 14.4. The van der Waals surface area contributed by atoms with E-state index in [4.69, 9.17) is 14.2 Å². The number of hydrogen-bond donors (Lipinski definition) is 0. The van der Waals surface area contributed by atoms with Crippen molar-refractivity contribution in [1.29, 1.82) is 0 Å². The molecule has 2 aliphatic rings. The van der Waals surface area contributed by atoms with Crippen LogP contribution in [0.4, 0.5) is 0 Å². The van der Waals surface area contributed by atoms with Crippen molar-refractivity contribution in [3.8, 4) is 5.75 Å². The summed E-state index contributed by atoms with van der Waals surface area (Å²) < 4.78 is 16.6. The number of carbonyl (C=O) groups is 1. The number of carbonyl (C=O) groups excluding carboxylic acids is 1. The molecule has 0 amide bonds. The number of rotatable bonds is 4. The maximum absolute atomic E-state index is 12.4. The van der Waals surface area contributed by atoms with Crippen molar-refractivity contribution in [2.24, 2.45) is 0 Å². The molecule has 0 bridgehead atoms. The molecule has 1 saturated heterocycles. The first-order valence-electron chi connectivity index (χ1n) is 7.70. The van der Waals surface area contributed by atoms with Gasteiger partial charge in [0.1, 0.15) is 11.4 Å². The summed E-state index contributed by atoms with van der Waals surface area (Å²) in [5.74, 6) is 0.605. The molecule has 3 rings (SSSR count). The monoisotopic (exact) mass is 290 g/mol. The van der Waals surface area contributed by atoms with Crippen molar-refractivity contribution in [2.45, 2.75) is 50.2 Å². The quantitative estimate of drug-likeness (QED) is 0.631. The Kier molecular flexibility index (Phi) is 3.66. The van der Waals surface area contributed by atoms with E-state index in [1.165, 1.54) is 0 Å². The van der Waals surface area contributed by atoms with Gasteiger partial charge in [-0.2, -0.15) is 0 Å². The Morgan fingerprint density at radius 2 is 1.90 bits per heavy atom. The second-order valence-electron chi connectivity index (χ2n) is 5.77. The van der Waals surface area contributed by atoms with Gasteiger partial charge in [0.2, 0.25) is 0 Å². The minimum Gasteiger partial charge on any atom is -0.497 e. The second kappa shape index (κ2) is 5.34. The van der Waals surface area contributed by atoms with E-state index in [1.807, 2.05) is 31.2 Å². The molecule has 2 atom stereocenters. The molecule has 114 valence electrons. The number of epoxide rings is 1. The molecule has 1 aromatic rings. The van der Waals surface area contributed by atoms with Gasteiger partial charge in [0.05, 0.1) is 13.7 Å². The summed E-state index contributed by atoms with van der Waals surface area (Å²) >= 11 is 0. The van der Waals surface area contributed by atoms with Gasteiger partial charge in [0, 0.05) is 0 Å². The lowest BCUT2D eigenvalue weighted by Crippen LogP contribution is -2.34. The highest BCUT2D eigenvalue weighted by Gasteiger charge is 2.75. The molecule has 0 aromatic heterocycles. The third-order valence-corrected chi connectivity index (χ3v) is 4.68. The maximum atomic E-state index is 12.4. The summed E-state index contributed by atoms with van der Waals surface area (Å²) in [4.78, 5) is 12.4. The Labute approximate surface area is 125 Å². The molecule has 4 nitrogen and oxygen atoms in total. The summed E-state index contributed by atoms with van der Waals surface area (Å²) in [7, 11) is 1.65. The average molecular weight is 290 g/mol. The Hall–Kier alpha value is -1.55. The first-order chi connectivity index (χ1) is 10.2. The Balaban J connectivity index is 1.94. The van der Waals surface area contributed by atoms with Crippen LogP contribution in [0.25, 0.3) is 0 Å². The fourth-order valence-corrected chi connectivity index (χ4v) is 3.56. The molecule has 4 heteroatoms. The molecule has 1 aromatic carbocycles. The van der Waals surface area contributed by atoms with Gasteiger partial charge in [-0.1, -0.05) is 25.0 Å². The molecule has 0 radical (unpaired) electrons. The highest BCUT2D eigenvalue weighted by Crippen LogP contribution is 2.63. The van der Waals surface area contributed by atoms with E-state index in [9.17, 15) is 4.79 Å². The number of ether oxygens (including phenoxy) is 3. The fourth-order valence-electron chi connectivity index (χ4n) is 3.56. The van der Waals surface area contributed by atoms with Crippen LogP contribution in [0.5, 0.6) is 5.75 Å². The molecule has 1 aliphatic heterocycles. The molecule has 1 saturated carbocycles. The number of benzene rings is 1. The summed E-state index contributed by atoms with van der Waals surface area (Å²) in [5.41, 5.74) is -0.214. The van der Waals surface area contributed by atoms with Crippen molar-refractivity contribution in [1.82, 2.24) is 0 Å². The first-order valence-corrected chi connectivity index (χ1v) is 7.70. The lowest BCUT2D eigenvalue weighted by atomic mass is 9.82. The van der Waals surface area contributed by atoms with E-state index >= 15 is 0 Å². The van der Waals surface area contributed by atoms with Crippen LogP contribution in [0, 0.1) is 0 Å². The number of hydrogen-bond acceptors (Lipinski definition) is 4. The predicted octanol–water partition coefficient (Wildman–Crippen LogP) is 3.19. The highest BCUT2D eigenvalue weighted by atomic mass is 16.7. The van der Waals surface area contributed by atoms with Crippen LogP contribution in [-0.4, -0.2) is 25.3 Å². The van der Waals surface area contributed by atoms with Gasteiger partial charge in [-0.25, -0.2) is 4.79 Å².